The molecule has 0 amide bonds. The molecule has 0 fully saturated rings. The molecule has 3 rings (SSSR count). The van der Waals surface area contributed by atoms with Gasteiger partial charge in [-0.3, -0.25) is 4.98 Å². The molecular weight excluding hydrogens is 255 g/mol. The van der Waals surface area contributed by atoms with Crippen LogP contribution in [0.25, 0.3) is 22.4 Å². The van der Waals surface area contributed by atoms with Gasteiger partial charge in [0, 0.05) is 18.0 Å². The van der Waals surface area contributed by atoms with Crippen molar-refractivity contribution in [1.82, 2.24) is 15.0 Å². The van der Waals surface area contributed by atoms with Crippen molar-refractivity contribution in [3.63, 3.8) is 0 Å². The minimum absolute atomic E-state index is 0.291. The molecule has 5 heteroatoms. The van der Waals surface area contributed by atoms with Crippen LogP contribution in [0.15, 0.2) is 55.1 Å². The van der Waals surface area contributed by atoms with Crippen molar-refractivity contribution in [2.75, 3.05) is 5.73 Å². The van der Waals surface area contributed by atoms with Crippen LogP contribution in [0.5, 0.6) is 0 Å². The van der Waals surface area contributed by atoms with E-state index < -0.39 is 0 Å². The second-order valence-electron chi connectivity index (χ2n) is 4.23. The van der Waals surface area contributed by atoms with Gasteiger partial charge in [-0.1, -0.05) is 0 Å². The maximum Gasteiger partial charge on any atom is 0.135 e. The van der Waals surface area contributed by atoms with Crippen LogP contribution < -0.4 is 5.73 Å². The highest BCUT2D eigenvalue weighted by Crippen LogP contribution is 2.33. The van der Waals surface area contributed by atoms with Gasteiger partial charge < -0.3 is 5.73 Å². The van der Waals surface area contributed by atoms with Crippen LogP contribution in [0.3, 0.4) is 0 Å². The van der Waals surface area contributed by atoms with E-state index in [0.717, 1.165) is 16.7 Å². The summed E-state index contributed by atoms with van der Waals surface area (Å²) >= 11 is 0. The summed E-state index contributed by atoms with van der Waals surface area (Å²) in [5.41, 5.74) is 9.03. The predicted octanol–water partition coefficient (Wildman–Crippen LogP) is 2.93. The van der Waals surface area contributed by atoms with Crippen LogP contribution in [0.4, 0.5) is 10.2 Å². The molecule has 0 spiro atoms. The molecule has 98 valence electrons. The van der Waals surface area contributed by atoms with Crippen molar-refractivity contribution in [3.05, 3.63) is 60.9 Å². The van der Waals surface area contributed by atoms with Crippen molar-refractivity contribution in [3.8, 4) is 22.4 Å². The first-order valence-electron chi connectivity index (χ1n) is 6.02. The lowest BCUT2D eigenvalue weighted by Crippen LogP contribution is -1.99. The lowest BCUT2D eigenvalue weighted by atomic mass is 10.0. The van der Waals surface area contributed by atoms with E-state index in [2.05, 4.69) is 15.0 Å². The van der Waals surface area contributed by atoms with Gasteiger partial charge in [0.05, 0.1) is 11.3 Å². The Morgan fingerprint density at radius 3 is 2.25 bits per heavy atom. The number of hydrogen-bond donors (Lipinski definition) is 1. The summed E-state index contributed by atoms with van der Waals surface area (Å²) in [6.45, 7) is 0. The molecule has 0 aliphatic rings. The molecule has 1 aromatic carbocycles. The lowest BCUT2D eigenvalue weighted by Gasteiger charge is -2.10. The zero-order valence-corrected chi connectivity index (χ0v) is 10.5. The van der Waals surface area contributed by atoms with Gasteiger partial charge >= 0.3 is 0 Å². The number of halogens is 1. The third-order valence-electron chi connectivity index (χ3n) is 2.96. The fourth-order valence-electron chi connectivity index (χ4n) is 2.03. The molecule has 0 saturated carbocycles. The number of nitrogens with two attached hydrogens (primary N) is 1. The first-order valence-corrected chi connectivity index (χ1v) is 6.02. The first-order chi connectivity index (χ1) is 9.75. The molecule has 0 saturated heterocycles. The number of aromatic nitrogens is 3. The Morgan fingerprint density at radius 1 is 0.850 bits per heavy atom. The van der Waals surface area contributed by atoms with E-state index in [4.69, 9.17) is 5.73 Å². The summed E-state index contributed by atoms with van der Waals surface area (Å²) in [6.07, 6.45) is 4.76. The third kappa shape index (κ3) is 2.21. The number of nitrogens with zero attached hydrogens (tertiary/aromatic N) is 3. The number of pyridine rings is 1. The number of nitrogen functional groups attached to an aromatic ring is 1. The van der Waals surface area contributed by atoms with Crippen molar-refractivity contribution >= 4 is 5.82 Å². The molecule has 0 bridgehead atoms. The second kappa shape index (κ2) is 5.05. The van der Waals surface area contributed by atoms with Crippen molar-refractivity contribution in [2.24, 2.45) is 0 Å². The zero-order chi connectivity index (χ0) is 13.9. The molecule has 0 aliphatic heterocycles. The second-order valence-corrected chi connectivity index (χ2v) is 4.23. The van der Waals surface area contributed by atoms with E-state index in [1.807, 2.05) is 12.1 Å². The Kier molecular flexibility index (Phi) is 3.09. The number of benzene rings is 1. The summed E-state index contributed by atoms with van der Waals surface area (Å²) in [5, 5.41) is 0. The Bertz CT molecular complexity index is 727. The van der Waals surface area contributed by atoms with E-state index >= 15 is 0 Å². The van der Waals surface area contributed by atoms with E-state index in [0.29, 0.717) is 11.5 Å². The maximum atomic E-state index is 13.0. The molecule has 3 aromatic rings. The molecule has 0 aliphatic carbocycles. The Labute approximate surface area is 115 Å². The molecule has 20 heavy (non-hydrogen) atoms. The van der Waals surface area contributed by atoms with E-state index in [1.165, 1.54) is 18.5 Å². The van der Waals surface area contributed by atoms with Gasteiger partial charge in [-0.15, -0.1) is 0 Å². The van der Waals surface area contributed by atoms with Gasteiger partial charge in [0.15, 0.2) is 0 Å². The minimum atomic E-state index is -0.291. The van der Waals surface area contributed by atoms with E-state index in [1.54, 1.807) is 24.5 Å². The highest BCUT2D eigenvalue weighted by Gasteiger charge is 2.13. The summed E-state index contributed by atoms with van der Waals surface area (Å²) in [5.74, 6) is 0.0896. The maximum absolute atomic E-state index is 13.0. The minimum Gasteiger partial charge on any atom is -0.383 e. The van der Waals surface area contributed by atoms with E-state index in [-0.39, 0.29) is 5.82 Å². The molecule has 4 nitrogen and oxygen atoms in total. The molecular formula is C15H11FN4. The van der Waals surface area contributed by atoms with Gasteiger partial charge in [-0.2, -0.15) is 0 Å². The van der Waals surface area contributed by atoms with Gasteiger partial charge in [0.25, 0.3) is 0 Å². The van der Waals surface area contributed by atoms with Crippen LogP contribution in [-0.2, 0) is 0 Å². The SMILES string of the molecule is Nc1ncnc(-c2ccc(F)cc2)c1-c1ccncc1. The average Bonchev–Trinajstić information content (AvgIpc) is 2.49. The molecule has 0 radical (unpaired) electrons. The summed E-state index contributed by atoms with van der Waals surface area (Å²) in [4.78, 5) is 12.3. The quantitative estimate of drug-likeness (QED) is 0.774. The summed E-state index contributed by atoms with van der Waals surface area (Å²) in [7, 11) is 0. The summed E-state index contributed by atoms with van der Waals surface area (Å²) < 4.78 is 13.0. The summed E-state index contributed by atoms with van der Waals surface area (Å²) in [6, 6.07) is 9.79. The topological polar surface area (TPSA) is 64.7 Å². The Hall–Kier alpha value is -2.82. The van der Waals surface area contributed by atoms with Crippen LogP contribution >= 0.6 is 0 Å². The number of hydrogen-bond acceptors (Lipinski definition) is 4. The molecule has 2 heterocycles. The van der Waals surface area contributed by atoms with Gasteiger partial charge in [0.2, 0.25) is 0 Å². The highest BCUT2D eigenvalue weighted by atomic mass is 19.1. The molecule has 2 aromatic heterocycles. The standard InChI is InChI=1S/C15H11FN4/c16-12-3-1-11(2-4-12)14-13(15(17)20-9-19-14)10-5-7-18-8-6-10/h1-9H,(H2,17,19,20). The van der Waals surface area contributed by atoms with Crippen molar-refractivity contribution in [1.29, 1.82) is 0 Å². The van der Waals surface area contributed by atoms with Gasteiger partial charge in [-0.05, 0) is 42.0 Å². The molecule has 0 atom stereocenters. The lowest BCUT2D eigenvalue weighted by molar-refractivity contribution is 0.628. The van der Waals surface area contributed by atoms with Crippen LogP contribution in [-0.4, -0.2) is 15.0 Å². The van der Waals surface area contributed by atoms with Gasteiger partial charge in [-0.25, -0.2) is 14.4 Å². The highest BCUT2D eigenvalue weighted by molar-refractivity contribution is 5.86. The van der Waals surface area contributed by atoms with Crippen LogP contribution in [0, 0.1) is 5.82 Å². The zero-order valence-electron chi connectivity index (χ0n) is 10.5. The van der Waals surface area contributed by atoms with Crippen molar-refractivity contribution < 1.29 is 4.39 Å². The number of rotatable bonds is 2. The van der Waals surface area contributed by atoms with Crippen molar-refractivity contribution in [2.45, 2.75) is 0 Å². The van der Waals surface area contributed by atoms with E-state index in [9.17, 15) is 4.39 Å². The molecule has 0 unspecified atom stereocenters. The van der Waals surface area contributed by atoms with Gasteiger partial charge in [0.1, 0.15) is 18.0 Å². The fraction of sp³-hybridized carbons (Fsp3) is 0. The Balaban J connectivity index is 2.22. The Morgan fingerprint density at radius 2 is 1.55 bits per heavy atom. The number of anilines is 1. The molecule has 2 N–H and O–H groups in total. The normalized spacial score (nSPS) is 10.4. The smallest absolute Gasteiger partial charge is 0.135 e. The monoisotopic (exact) mass is 266 g/mol. The first kappa shape index (κ1) is 12.2. The predicted molar refractivity (Wildman–Crippen MR) is 75.1 cm³/mol. The van der Waals surface area contributed by atoms with Crippen LogP contribution in [0.2, 0.25) is 0 Å². The average molecular weight is 266 g/mol. The third-order valence-corrected chi connectivity index (χ3v) is 2.96. The fourth-order valence-corrected chi connectivity index (χ4v) is 2.03. The van der Waals surface area contributed by atoms with Crippen LogP contribution in [0.1, 0.15) is 0 Å². The largest absolute Gasteiger partial charge is 0.383 e.